The molecule has 220 valence electrons. The molecule has 1 aliphatic rings. The lowest BCUT2D eigenvalue weighted by Gasteiger charge is -2.28. The number of amides is 2. The van der Waals surface area contributed by atoms with Crippen molar-refractivity contribution >= 4 is 69.4 Å². The summed E-state index contributed by atoms with van der Waals surface area (Å²) in [5, 5.41) is 28.5. The van der Waals surface area contributed by atoms with Crippen molar-refractivity contribution in [2.45, 2.75) is 26.1 Å². The molecule has 0 unspecified atom stereocenters. The van der Waals surface area contributed by atoms with E-state index in [-0.39, 0.29) is 12.2 Å². The number of methoxy groups -OCH3 is 1. The van der Waals surface area contributed by atoms with E-state index >= 15 is 0 Å². The summed E-state index contributed by atoms with van der Waals surface area (Å²) in [6, 6.07) is 7.24. The van der Waals surface area contributed by atoms with Crippen molar-refractivity contribution in [1.82, 2.24) is 16.1 Å². The highest BCUT2D eigenvalue weighted by Crippen LogP contribution is 2.35. The Labute approximate surface area is 262 Å². The Kier molecular flexibility index (Phi) is 11.8. The van der Waals surface area contributed by atoms with Crippen molar-refractivity contribution in [3.8, 4) is 17.2 Å². The fourth-order valence-electron chi connectivity index (χ4n) is 3.75. The number of aliphatic hydroxyl groups excluding tert-OH is 1. The number of benzene rings is 2. The first-order chi connectivity index (χ1) is 19.5. The standard InChI is InChI=1S/C26H28I2N4O9/c1-4-39-19-9-15(23-22(25(36)38-3)13(2)30-26(37)31-23)5-6-18(19)40-11-20(33)32-29-10-14-7-16(27)24(17(28)8-14)41-12-21(34)35/h5-10,20,23,32-33H,4,11-12H2,1-3H3,(H,34,35)(H2,30,31,37)/b29-10-/t20-,23+/m1/s1. The lowest BCUT2D eigenvalue weighted by molar-refractivity contribution is -0.139. The number of urea groups is 1. The van der Waals surface area contributed by atoms with Crippen LogP contribution in [-0.4, -0.2) is 67.6 Å². The number of ether oxygens (including phenoxy) is 4. The maximum Gasteiger partial charge on any atom is 0.341 e. The largest absolute Gasteiger partial charge is 0.490 e. The molecule has 13 nitrogen and oxygen atoms in total. The summed E-state index contributed by atoms with van der Waals surface area (Å²) in [6.45, 7) is 3.11. The van der Waals surface area contributed by atoms with Crippen LogP contribution in [0.15, 0.2) is 46.7 Å². The molecular weight excluding hydrogens is 766 g/mol. The normalized spacial score (nSPS) is 15.6. The van der Waals surface area contributed by atoms with Crippen molar-refractivity contribution in [3.63, 3.8) is 0 Å². The molecule has 0 aliphatic carbocycles. The van der Waals surface area contributed by atoms with Crippen molar-refractivity contribution in [3.05, 3.63) is 59.9 Å². The quantitative estimate of drug-likeness (QED) is 0.0667. The van der Waals surface area contributed by atoms with Gasteiger partial charge in [-0.2, -0.15) is 5.10 Å². The zero-order valence-electron chi connectivity index (χ0n) is 22.2. The smallest absolute Gasteiger partial charge is 0.341 e. The van der Waals surface area contributed by atoms with Crippen LogP contribution in [0.3, 0.4) is 0 Å². The fourth-order valence-corrected chi connectivity index (χ4v) is 5.87. The number of aliphatic hydroxyl groups is 1. The number of carbonyl (C=O) groups is 3. The van der Waals surface area contributed by atoms with E-state index in [9.17, 15) is 19.5 Å². The predicted molar refractivity (Wildman–Crippen MR) is 164 cm³/mol. The molecule has 0 fully saturated rings. The summed E-state index contributed by atoms with van der Waals surface area (Å²) < 4.78 is 23.1. The second kappa shape index (κ2) is 15.1. The van der Waals surface area contributed by atoms with Crippen LogP contribution in [0.2, 0.25) is 0 Å². The zero-order chi connectivity index (χ0) is 30.1. The highest BCUT2D eigenvalue weighted by Gasteiger charge is 2.32. The molecule has 0 radical (unpaired) electrons. The Bertz CT molecular complexity index is 1340. The van der Waals surface area contributed by atoms with E-state index in [2.05, 4.69) is 21.2 Å². The number of rotatable bonds is 13. The Hall–Kier alpha value is -3.32. The number of halogens is 2. The van der Waals surface area contributed by atoms with Crippen molar-refractivity contribution < 1.29 is 43.5 Å². The minimum absolute atomic E-state index is 0.176. The number of esters is 1. The molecule has 0 aromatic heterocycles. The van der Waals surface area contributed by atoms with E-state index in [1.807, 2.05) is 45.2 Å². The number of hydrogen-bond donors (Lipinski definition) is 5. The summed E-state index contributed by atoms with van der Waals surface area (Å²) in [7, 11) is 1.26. The van der Waals surface area contributed by atoms with Gasteiger partial charge in [-0.1, -0.05) is 6.07 Å². The molecule has 3 rings (SSSR count). The molecule has 15 heteroatoms. The van der Waals surface area contributed by atoms with Gasteiger partial charge in [0.25, 0.3) is 0 Å². The third kappa shape index (κ3) is 8.83. The van der Waals surface area contributed by atoms with Crippen LogP contribution in [0.1, 0.15) is 31.0 Å². The summed E-state index contributed by atoms with van der Waals surface area (Å²) in [5.41, 5.74) is 4.49. The average Bonchev–Trinajstić information content (AvgIpc) is 2.91. The molecule has 0 saturated carbocycles. The molecule has 1 heterocycles. The molecule has 41 heavy (non-hydrogen) atoms. The minimum Gasteiger partial charge on any atom is -0.490 e. The summed E-state index contributed by atoms with van der Waals surface area (Å²) >= 11 is 4.08. The van der Waals surface area contributed by atoms with Crippen LogP contribution in [0.4, 0.5) is 4.79 Å². The number of carboxylic acid groups (broad SMARTS) is 1. The van der Waals surface area contributed by atoms with E-state index in [1.165, 1.54) is 13.3 Å². The van der Waals surface area contributed by atoms with Crippen LogP contribution in [-0.2, 0) is 14.3 Å². The summed E-state index contributed by atoms with van der Waals surface area (Å²) in [4.78, 5) is 35.3. The number of carboxylic acids is 1. The van der Waals surface area contributed by atoms with Gasteiger partial charge in [0.05, 0.1) is 38.7 Å². The number of hydrazone groups is 1. The SMILES string of the molecule is CCOc1cc([C@@H]2NC(=O)NC(C)=C2C(=O)OC)ccc1OC[C@@H](O)N/N=C\c1cc(I)c(OCC(=O)O)c(I)c1. The second-order valence-electron chi connectivity index (χ2n) is 8.41. The first-order valence-electron chi connectivity index (χ1n) is 12.1. The molecule has 0 bridgehead atoms. The third-order valence-electron chi connectivity index (χ3n) is 5.47. The number of aliphatic carboxylic acids is 1. The molecule has 2 amide bonds. The van der Waals surface area contributed by atoms with Crippen LogP contribution in [0, 0.1) is 7.14 Å². The van der Waals surface area contributed by atoms with Crippen molar-refractivity contribution in [1.29, 1.82) is 0 Å². The van der Waals surface area contributed by atoms with Gasteiger partial charge in [0.1, 0.15) is 12.4 Å². The van der Waals surface area contributed by atoms with E-state index < -0.39 is 36.8 Å². The minimum atomic E-state index is -1.17. The maximum atomic E-state index is 12.4. The van der Waals surface area contributed by atoms with Gasteiger partial charge in [-0.15, -0.1) is 0 Å². The zero-order valence-corrected chi connectivity index (χ0v) is 26.5. The van der Waals surface area contributed by atoms with E-state index in [1.54, 1.807) is 44.2 Å². The monoisotopic (exact) mass is 794 g/mol. The second-order valence-corrected chi connectivity index (χ2v) is 10.7. The van der Waals surface area contributed by atoms with Gasteiger partial charge < -0.3 is 39.8 Å². The summed E-state index contributed by atoms with van der Waals surface area (Å²) in [6.07, 6.45) is 0.327. The number of nitrogens with zero attached hydrogens (tertiary/aromatic N) is 1. The van der Waals surface area contributed by atoms with E-state index in [0.29, 0.717) is 47.8 Å². The average molecular weight is 794 g/mol. The molecule has 0 spiro atoms. The lowest BCUT2D eigenvalue weighted by Crippen LogP contribution is -2.45. The molecule has 2 aromatic rings. The van der Waals surface area contributed by atoms with Gasteiger partial charge in [-0.25, -0.2) is 14.4 Å². The molecule has 2 atom stereocenters. The Morgan fingerprint density at radius 3 is 2.49 bits per heavy atom. The highest BCUT2D eigenvalue weighted by atomic mass is 127. The van der Waals surface area contributed by atoms with Crippen LogP contribution in [0.25, 0.3) is 0 Å². The molecule has 0 saturated heterocycles. The topological polar surface area (TPSA) is 177 Å². The fraction of sp³-hybridized carbons (Fsp3) is 0.308. The van der Waals surface area contributed by atoms with Crippen molar-refractivity contribution in [2.24, 2.45) is 5.10 Å². The maximum absolute atomic E-state index is 12.4. The van der Waals surface area contributed by atoms with Gasteiger partial charge >= 0.3 is 18.0 Å². The van der Waals surface area contributed by atoms with E-state index in [0.717, 1.165) is 0 Å². The van der Waals surface area contributed by atoms with Gasteiger partial charge in [-0.3, -0.25) is 5.43 Å². The van der Waals surface area contributed by atoms with Crippen LogP contribution >= 0.6 is 45.2 Å². The Balaban J connectivity index is 1.67. The van der Waals surface area contributed by atoms with Gasteiger partial charge in [-0.05, 0) is 94.4 Å². The summed E-state index contributed by atoms with van der Waals surface area (Å²) in [5.74, 6) is -0.493. The first kappa shape index (κ1) is 32.2. The number of carbonyl (C=O) groups excluding carboxylic acids is 2. The predicted octanol–water partition coefficient (Wildman–Crippen LogP) is 2.88. The Morgan fingerprint density at radius 2 is 1.85 bits per heavy atom. The van der Waals surface area contributed by atoms with Crippen LogP contribution in [0.5, 0.6) is 17.2 Å². The Morgan fingerprint density at radius 1 is 1.15 bits per heavy atom. The molecule has 5 N–H and O–H groups in total. The van der Waals surface area contributed by atoms with Crippen molar-refractivity contribution in [2.75, 3.05) is 26.9 Å². The van der Waals surface area contributed by atoms with E-state index in [4.69, 9.17) is 24.1 Å². The number of allylic oxidation sites excluding steroid dienone is 1. The van der Waals surface area contributed by atoms with Crippen LogP contribution < -0.4 is 30.3 Å². The highest BCUT2D eigenvalue weighted by molar-refractivity contribution is 14.1. The molecule has 2 aromatic carbocycles. The first-order valence-corrected chi connectivity index (χ1v) is 14.3. The lowest BCUT2D eigenvalue weighted by atomic mass is 9.95. The number of hydrogen-bond acceptors (Lipinski definition) is 10. The van der Waals surface area contributed by atoms with Gasteiger partial charge in [0.2, 0.25) is 0 Å². The molecule has 1 aliphatic heterocycles. The molecular formula is C26H28I2N4O9. The third-order valence-corrected chi connectivity index (χ3v) is 7.07. The van der Waals surface area contributed by atoms with Gasteiger partial charge in [0.15, 0.2) is 24.3 Å². The number of nitrogens with one attached hydrogen (secondary N) is 3. The van der Waals surface area contributed by atoms with Gasteiger partial charge in [0, 0.05) is 5.70 Å².